The summed E-state index contributed by atoms with van der Waals surface area (Å²) >= 11 is 6.58. The van der Waals surface area contributed by atoms with Gasteiger partial charge in [0.15, 0.2) is 10.4 Å². The first kappa shape index (κ1) is 24.5. The Balaban J connectivity index is 1.72. The number of thioether (sulfide) groups is 1. The molecule has 1 N–H and O–H groups in total. The molecule has 2 aromatic carbocycles. The van der Waals surface area contributed by atoms with E-state index in [1.165, 1.54) is 9.58 Å². The maximum absolute atomic E-state index is 13.4. The van der Waals surface area contributed by atoms with Crippen molar-refractivity contribution in [2.24, 2.45) is 7.05 Å². The van der Waals surface area contributed by atoms with Crippen LogP contribution in [-0.2, 0) is 16.6 Å². The molecule has 0 saturated carbocycles. The highest BCUT2D eigenvalue weighted by molar-refractivity contribution is 8.27. The molecule has 3 aromatic rings. The number of rotatable bonds is 7. The van der Waals surface area contributed by atoms with Crippen molar-refractivity contribution in [2.75, 3.05) is 4.90 Å². The fourth-order valence-corrected chi connectivity index (χ4v) is 5.04. The monoisotopic (exact) mass is 509 g/mol. The number of aliphatic carboxylic acids is 1. The number of aromatic nitrogens is 2. The number of carboxylic acids is 1. The van der Waals surface area contributed by atoms with Crippen LogP contribution in [0.5, 0.6) is 5.75 Å². The zero-order valence-electron chi connectivity index (χ0n) is 19.3. The van der Waals surface area contributed by atoms with Crippen molar-refractivity contribution in [1.82, 2.24) is 9.36 Å². The first-order valence-corrected chi connectivity index (χ1v) is 12.1. The highest BCUT2D eigenvalue weighted by Crippen LogP contribution is 2.37. The highest BCUT2D eigenvalue weighted by atomic mass is 32.2. The quantitative estimate of drug-likeness (QED) is 0.378. The van der Waals surface area contributed by atoms with Crippen LogP contribution in [0, 0.1) is 6.92 Å². The molecular weight excluding hydrogens is 486 g/mol. The Morgan fingerprint density at radius 2 is 1.80 bits per heavy atom. The minimum absolute atomic E-state index is 0.198. The summed E-state index contributed by atoms with van der Waals surface area (Å²) in [5.74, 6) is -1.15. The van der Waals surface area contributed by atoms with E-state index in [9.17, 15) is 19.5 Å². The van der Waals surface area contributed by atoms with E-state index in [-0.39, 0.29) is 22.0 Å². The number of hydrogen-bond donors (Lipinski definition) is 1. The maximum atomic E-state index is 13.4. The third kappa shape index (κ3) is 4.54. The number of carboxylic acid groups (broad SMARTS) is 1. The molecule has 1 unspecified atom stereocenters. The van der Waals surface area contributed by atoms with Crippen molar-refractivity contribution >= 4 is 51.9 Å². The van der Waals surface area contributed by atoms with Crippen molar-refractivity contribution in [1.29, 1.82) is 0 Å². The summed E-state index contributed by atoms with van der Waals surface area (Å²) in [6.07, 6.45) is 0.881. The Morgan fingerprint density at radius 3 is 2.46 bits per heavy atom. The number of carbonyl (C=O) groups is 2. The molecule has 1 aromatic heterocycles. The summed E-state index contributed by atoms with van der Waals surface area (Å²) in [7, 11) is 1.75. The van der Waals surface area contributed by atoms with Gasteiger partial charge in [-0.2, -0.15) is 0 Å². The van der Waals surface area contributed by atoms with Crippen molar-refractivity contribution < 1.29 is 19.4 Å². The number of thiocarbonyl (C=S) groups is 1. The topological polar surface area (TPSA) is 93.8 Å². The largest absolute Gasteiger partial charge is 0.479 e. The molecule has 0 aliphatic carbocycles. The minimum Gasteiger partial charge on any atom is -0.479 e. The van der Waals surface area contributed by atoms with Crippen LogP contribution >= 0.6 is 24.0 Å². The highest BCUT2D eigenvalue weighted by Gasteiger charge is 2.38. The number of benzene rings is 2. The van der Waals surface area contributed by atoms with Gasteiger partial charge in [-0.3, -0.25) is 19.2 Å². The fraction of sp³-hybridized carbons (Fsp3) is 0.200. The lowest BCUT2D eigenvalue weighted by atomic mass is 10.1. The minimum atomic E-state index is -1.07. The second-order valence-corrected chi connectivity index (χ2v) is 9.49. The van der Waals surface area contributed by atoms with E-state index in [4.69, 9.17) is 17.0 Å². The van der Waals surface area contributed by atoms with Gasteiger partial charge in [0.25, 0.3) is 11.5 Å². The Labute approximate surface area is 211 Å². The molecule has 1 fully saturated rings. The Bertz CT molecular complexity index is 1410. The van der Waals surface area contributed by atoms with Crippen LogP contribution in [0.1, 0.15) is 24.6 Å². The van der Waals surface area contributed by atoms with Crippen LogP contribution in [-0.4, -0.2) is 36.8 Å². The lowest BCUT2D eigenvalue weighted by Crippen LogP contribution is -2.33. The number of nitrogens with zero attached hydrogens (tertiary/aromatic N) is 3. The number of anilines is 1. The van der Waals surface area contributed by atoms with Crippen molar-refractivity contribution in [3.8, 4) is 11.4 Å². The van der Waals surface area contributed by atoms with Gasteiger partial charge in [0.1, 0.15) is 11.4 Å². The van der Waals surface area contributed by atoms with Gasteiger partial charge in [-0.25, -0.2) is 9.48 Å². The van der Waals surface area contributed by atoms with E-state index in [0.717, 1.165) is 11.8 Å². The van der Waals surface area contributed by atoms with E-state index in [2.05, 4.69) is 0 Å². The van der Waals surface area contributed by atoms with E-state index in [1.807, 2.05) is 30.3 Å². The van der Waals surface area contributed by atoms with Crippen LogP contribution in [0.2, 0.25) is 0 Å². The van der Waals surface area contributed by atoms with Gasteiger partial charge in [-0.15, -0.1) is 0 Å². The fourth-order valence-electron chi connectivity index (χ4n) is 3.78. The molecule has 1 atom stereocenters. The van der Waals surface area contributed by atoms with Crippen molar-refractivity contribution in [3.63, 3.8) is 0 Å². The van der Waals surface area contributed by atoms with E-state index in [1.54, 1.807) is 55.9 Å². The SMILES string of the molecule is CCC(Oc1ccccc1/C=C1/SC(=S)N(c2c(C)n(C)n(-c3ccccc3)c2=O)C1=O)C(=O)O. The molecule has 4 rings (SSSR count). The Morgan fingerprint density at radius 1 is 1.14 bits per heavy atom. The predicted octanol–water partition coefficient (Wildman–Crippen LogP) is 4.13. The molecule has 0 radical (unpaired) electrons. The Hall–Kier alpha value is -3.63. The van der Waals surface area contributed by atoms with Gasteiger partial charge in [-0.05, 0) is 37.6 Å². The number of para-hydroxylation sites is 2. The molecular formula is C25H23N3O5S2. The van der Waals surface area contributed by atoms with Crippen LogP contribution in [0.4, 0.5) is 5.69 Å². The van der Waals surface area contributed by atoms with Crippen molar-refractivity contribution in [3.05, 3.63) is 81.1 Å². The first-order chi connectivity index (χ1) is 16.7. The molecule has 8 nitrogen and oxygen atoms in total. The summed E-state index contributed by atoms with van der Waals surface area (Å²) < 4.78 is 9.10. The first-order valence-electron chi connectivity index (χ1n) is 10.8. The summed E-state index contributed by atoms with van der Waals surface area (Å²) in [5.41, 5.74) is 1.64. The molecule has 1 saturated heterocycles. The molecule has 1 amide bonds. The third-order valence-corrected chi connectivity index (χ3v) is 6.96. The van der Waals surface area contributed by atoms with Crippen LogP contribution in [0.25, 0.3) is 11.8 Å². The molecule has 1 aliphatic rings. The molecule has 10 heteroatoms. The average molecular weight is 510 g/mol. The third-order valence-electron chi connectivity index (χ3n) is 5.66. The number of amides is 1. The summed E-state index contributed by atoms with van der Waals surface area (Å²) in [6, 6.07) is 16.0. The maximum Gasteiger partial charge on any atom is 0.344 e. The molecule has 35 heavy (non-hydrogen) atoms. The van der Waals surface area contributed by atoms with Crippen LogP contribution in [0.15, 0.2) is 64.3 Å². The molecule has 0 bridgehead atoms. The number of hydrogen-bond acceptors (Lipinski definition) is 6. The average Bonchev–Trinajstić information content (AvgIpc) is 3.23. The number of carbonyl (C=O) groups excluding carboxylic acids is 1. The van der Waals surface area contributed by atoms with E-state index in [0.29, 0.717) is 27.6 Å². The van der Waals surface area contributed by atoms with Gasteiger partial charge < -0.3 is 9.84 Å². The summed E-state index contributed by atoms with van der Waals surface area (Å²) in [4.78, 5) is 39.8. The zero-order valence-corrected chi connectivity index (χ0v) is 20.9. The van der Waals surface area contributed by atoms with Gasteiger partial charge in [0.05, 0.1) is 16.3 Å². The normalized spacial score (nSPS) is 15.6. The lowest BCUT2D eigenvalue weighted by molar-refractivity contribution is -0.145. The van der Waals surface area contributed by atoms with Gasteiger partial charge in [0, 0.05) is 12.6 Å². The molecule has 1 aliphatic heterocycles. The molecule has 180 valence electrons. The zero-order chi connectivity index (χ0) is 25.3. The van der Waals surface area contributed by atoms with E-state index < -0.39 is 18.0 Å². The standard InChI is InChI=1S/C25H23N3O5S2/c1-4-18(24(31)32)33-19-13-9-8-10-16(19)14-20-22(29)27(25(34)35-20)21-15(2)26(3)28(23(21)30)17-11-6-5-7-12-17/h5-14,18H,4H2,1-3H3,(H,31,32)/b20-14+. The van der Waals surface area contributed by atoms with Crippen LogP contribution in [0.3, 0.4) is 0 Å². The molecule has 0 spiro atoms. The number of ether oxygens (including phenoxy) is 1. The van der Waals surface area contributed by atoms with Crippen LogP contribution < -0.4 is 15.2 Å². The van der Waals surface area contributed by atoms with Gasteiger partial charge in [-0.1, -0.05) is 67.3 Å². The molecule has 2 heterocycles. The summed E-state index contributed by atoms with van der Waals surface area (Å²) in [5, 5.41) is 9.35. The lowest BCUT2D eigenvalue weighted by Gasteiger charge is -2.15. The van der Waals surface area contributed by atoms with Gasteiger partial charge in [0.2, 0.25) is 0 Å². The van der Waals surface area contributed by atoms with Gasteiger partial charge >= 0.3 is 5.97 Å². The van der Waals surface area contributed by atoms with E-state index >= 15 is 0 Å². The second kappa shape index (κ2) is 9.93. The predicted molar refractivity (Wildman–Crippen MR) is 140 cm³/mol. The van der Waals surface area contributed by atoms with Crippen molar-refractivity contribution in [2.45, 2.75) is 26.4 Å². The smallest absolute Gasteiger partial charge is 0.344 e. The second-order valence-electron chi connectivity index (χ2n) is 7.82. The Kier molecular flexibility index (Phi) is 6.95. The summed E-state index contributed by atoms with van der Waals surface area (Å²) in [6.45, 7) is 3.48.